The van der Waals surface area contributed by atoms with Crippen molar-refractivity contribution < 1.29 is 5.11 Å². The molecule has 4 fully saturated rings. The summed E-state index contributed by atoms with van der Waals surface area (Å²) in [6, 6.07) is 0. The van der Waals surface area contributed by atoms with Crippen LogP contribution in [0.5, 0.6) is 0 Å². The fraction of sp³-hybridized carbons (Fsp3) is 0.933. The summed E-state index contributed by atoms with van der Waals surface area (Å²) >= 11 is 0. The van der Waals surface area contributed by atoms with Crippen molar-refractivity contribution in [2.24, 2.45) is 58.2 Å². The molecule has 1 N–H and O–H groups in total. The van der Waals surface area contributed by atoms with E-state index in [-0.39, 0.29) is 6.10 Å². The van der Waals surface area contributed by atoms with E-state index in [1.165, 1.54) is 57.8 Å². The van der Waals surface area contributed by atoms with Crippen LogP contribution < -0.4 is 0 Å². The third-order valence-corrected chi connectivity index (χ3v) is 11.5. The van der Waals surface area contributed by atoms with Crippen LogP contribution in [0, 0.1) is 58.2 Å². The van der Waals surface area contributed by atoms with Gasteiger partial charge in [-0.15, -0.1) is 6.58 Å². The molecular formula is C30H52O. The fourth-order valence-corrected chi connectivity index (χ4v) is 9.98. The second-order valence-electron chi connectivity index (χ2n) is 13.5. The first-order chi connectivity index (χ1) is 14.7. The highest BCUT2D eigenvalue weighted by Gasteiger charge is 2.62. The maximum atomic E-state index is 10.5. The molecule has 0 spiro atoms. The summed E-state index contributed by atoms with van der Waals surface area (Å²) in [6.45, 7) is 16.8. The number of fused-ring (bicyclic) bond motifs is 5. The lowest BCUT2D eigenvalue weighted by Crippen LogP contribution is -2.56. The molecule has 0 saturated heterocycles. The van der Waals surface area contributed by atoms with Gasteiger partial charge in [-0.25, -0.2) is 0 Å². The lowest BCUT2D eigenvalue weighted by atomic mass is 9.42. The molecule has 0 aliphatic heterocycles. The van der Waals surface area contributed by atoms with Gasteiger partial charge in [0.05, 0.1) is 6.10 Å². The summed E-state index contributed by atoms with van der Waals surface area (Å²) in [7, 11) is 0. The molecule has 0 aromatic rings. The summed E-state index contributed by atoms with van der Waals surface area (Å²) in [5.41, 5.74) is 1.03. The first kappa shape index (κ1) is 23.8. The molecule has 4 aliphatic carbocycles. The zero-order valence-corrected chi connectivity index (χ0v) is 21.4. The number of aliphatic hydroxyl groups excluding tert-OH is 1. The van der Waals surface area contributed by atoms with E-state index >= 15 is 0 Å². The monoisotopic (exact) mass is 428 g/mol. The van der Waals surface area contributed by atoms with Crippen molar-refractivity contribution in [2.45, 2.75) is 118 Å². The summed E-state index contributed by atoms with van der Waals surface area (Å²) in [6.07, 6.45) is 18.2. The highest BCUT2D eigenvalue weighted by Crippen LogP contribution is 2.69. The zero-order chi connectivity index (χ0) is 22.4. The van der Waals surface area contributed by atoms with Gasteiger partial charge in [0.1, 0.15) is 0 Å². The van der Waals surface area contributed by atoms with Crippen LogP contribution in [0.1, 0.15) is 112 Å². The molecular weight excluding hydrogens is 376 g/mol. The minimum atomic E-state index is -0.0571. The van der Waals surface area contributed by atoms with Gasteiger partial charge in [0.15, 0.2) is 0 Å². The van der Waals surface area contributed by atoms with Gasteiger partial charge in [0.25, 0.3) is 0 Å². The van der Waals surface area contributed by atoms with Gasteiger partial charge in [0, 0.05) is 0 Å². The lowest BCUT2D eigenvalue weighted by Gasteiger charge is -2.63. The predicted molar refractivity (Wildman–Crippen MR) is 133 cm³/mol. The Kier molecular flexibility index (Phi) is 7.04. The fourth-order valence-electron chi connectivity index (χ4n) is 9.98. The van der Waals surface area contributed by atoms with Gasteiger partial charge in [-0.2, -0.15) is 0 Å². The van der Waals surface area contributed by atoms with E-state index in [9.17, 15) is 5.11 Å². The quantitative estimate of drug-likeness (QED) is 0.404. The molecule has 4 saturated carbocycles. The second kappa shape index (κ2) is 9.15. The van der Waals surface area contributed by atoms with Crippen molar-refractivity contribution in [3.63, 3.8) is 0 Å². The normalized spacial score (nSPS) is 48.0. The molecule has 0 amide bonds. The van der Waals surface area contributed by atoms with Crippen LogP contribution in [0.2, 0.25) is 0 Å². The van der Waals surface area contributed by atoms with Crippen molar-refractivity contribution in [3.05, 3.63) is 12.7 Å². The molecule has 4 unspecified atom stereocenters. The van der Waals surface area contributed by atoms with E-state index in [2.05, 4.69) is 47.3 Å². The van der Waals surface area contributed by atoms with Gasteiger partial charge in [-0.05, 0) is 116 Å². The average Bonchev–Trinajstić information content (AvgIpc) is 3.06. The van der Waals surface area contributed by atoms with Crippen LogP contribution in [-0.2, 0) is 0 Å². The number of allylic oxidation sites excluding steroid dienone is 1. The molecule has 1 nitrogen and oxygen atoms in total. The number of hydrogen-bond donors (Lipinski definition) is 1. The molecule has 0 aromatic carbocycles. The number of rotatable bonds is 7. The Bertz CT molecular complexity index is 624. The van der Waals surface area contributed by atoms with Gasteiger partial charge in [0.2, 0.25) is 0 Å². The highest BCUT2D eigenvalue weighted by molar-refractivity contribution is 5.11. The Morgan fingerprint density at radius 2 is 1.61 bits per heavy atom. The van der Waals surface area contributed by atoms with Gasteiger partial charge < -0.3 is 5.11 Å². The van der Waals surface area contributed by atoms with Crippen molar-refractivity contribution in [1.82, 2.24) is 0 Å². The van der Waals surface area contributed by atoms with Crippen molar-refractivity contribution in [3.8, 4) is 0 Å². The molecule has 0 aromatic heterocycles. The predicted octanol–water partition coefficient (Wildman–Crippen LogP) is 8.27. The summed E-state index contributed by atoms with van der Waals surface area (Å²) in [4.78, 5) is 0. The third-order valence-electron chi connectivity index (χ3n) is 11.5. The molecule has 1 heteroatoms. The molecule has 178 valence electrons. The molecule has 10 atom stereocenters. The van der Waals surface area contributed by atoms with Gasteiger partial charge in [-0.1, -0.05) is 60.0 Å². The summed E-state index contributed by atoms with van der Waals surface area (Å²) < 4.78 is 0. The van der Waals surface area contributed by atoms with E-state index in [4.69, 9.17) is 0 Å². The Balaban J connectivity index is 1.53. The van der Waals surface area contributed by atoms with E-state index in [1.54, 1.807) is 0 Å². The van der Waals surface area contributed by atoms with Gasteiger partial charge >= 0.3 is 0 Å². The average molecular weight is 429 g/mol. The van der Waals surface area contributed by atoms with E-state index < -0.39 is 0 Å². The maximum absolute atomic E-state index is 10.5. The molecule has 4 aliphatic rings. The van der Waals surface area contributed by atoms with Crippen LogP contribution in [0.25, 0.3) is 0 Å². The Morgan fingerprint density at radius 3 is 2.32 bits per heavy atom. The van der Waals surface area contributed by atoms with E-state index in [0.717, 1.165) is 60.7 Å². The minimum absolute atomic E-state index is 0.0571. The zero-order valence-electron chi connectivity index (χ0n) is 21.4. The van der Waals surface area contributed by atoms with Crippen molar-refractivity contribution in [2.75, 3.05) is 0 Å². The Hall–Kier alpha value is -0.300. The summed E-state index contributed by atoms with van der Waals surface area (Å²) in [5.74, 6) is 6.93. The van der Waals surface area contributed by atoms with Crippen LogP contribution in [0.15, 0.2) is 12.7 Å². The Morgan fingerprint density at radius 1 is 0.903 bits per heavy atom. The first-order valence-corrected chi connectivity index (χ1v) is 14.0. The molecule has 0 bridgehead atoms. The molecule has 0 heterocycles. The van der Waals surface area contributed by atoms with Crippen LogP contribution in [0.3, 0.4) is 0 Å². The lowest BCUT2D eigenvalue weighted by molar-refractivity contribution is -0.151. The largest absolute Gasteiger partial charge is 0.393 e. The van der Waals surface area contributed by atoms with Crippen molar-refractivity contribution in [1.29, 1.82) is 0 Å². The Labute approximate surface area is 193 Å². The maximum Gasteiger partial charge on any atom is 0.0543 e. The summed E-state index contributed by atoms with van der Waals surface area (Å²) in [5, 5.41) is 10.5. The molecule has 4 rings (SSSR count). The van der Waals surface area contributed by atoms with Crippen LogP contribution in [0.4, 0.5) is 0 Å². The second-order valence-corrected chi connectivity index (χ2v) is 13.5. The number of hydrogen-bond acceptors (Lipinski definition) is 1. The molecule has 0 radical (unpaired) electrons. The topological polar surface area (TPSA) is 20.2 Å². The number of aliphatic hydroxyl groups is 1. The van der Waals surface area contributed by atoms with Gasteiger partial charge in [-0.3, -0.25) is 0 Å². The van der Waals surface area contributed by atoms with E-state index in [0.29, 0.717) is 16.7 Å². The van der Waals surface area contributed by atoms with Crippen LogP contribution >= 0.6 is 0 Å². The standard InChI is InChI=1S/C30H52O/c1-7-9-22-18-24-26-13-12-25(21(4)11-8-10-20(2)3)29(26,5)17-15-27(24)30(6)16-14-23(31)19-28(22)30/h7,20-28,31H,1,8-19H2,2-6H3/t21-,22+,23-,24?,25-,26?,27?,28?,29-,30-/m1/s1. The minimum Gasteiger partial charge on any atom is -0.393 e. The smallest absolute Gasteiger partial charge is 0.0543 e. The highest BCUT2D eigenvalue weighted by atomic mass is 16.3. The third kappa shape index (κ3) is 4.20. The van der Waals surface area contributed by atoms with Crippen LogP contribution in [-0.4, -0.2) is 11.2 Å². The first-order valence-electron chi connectivity index (χ1n) is 14.0. The van der Waals surface area contributed by atoms with E-state index in [1.807, 2.05) is 0 Å². The SMILES string of the molecule is C=CC[C@H]1CC2C(CC[C@@]3(C)C2CC[C@@H]3[C@H](C)CCCC(C)C)[C@@]2(C)CC[C@@H](O)CC12. The molecule has 31 heavy (non-hydrogen) atoms. The van der Waals surface area contributed by atoms with Crippen molar-refractivity contribution >= 4 is 0 Å².